The van der Waals surface area contributed by atoms with Crippen molar-refractivity contribution >= 4 is 12.4 Å². The lowest BCUT2D eigenvalue weighted by atomic mass is 9.89. The lowest BCUT2D eigenvalue weighted by molar-refractivity contribution is 0.260. The van der Waals surface area contributed by atoms with Crippen LogP contribution in [0.4, 0.5) is 4.39 Å². The monoisotopic (exact) mass is 388 g/mol. The molecule has 1 aromatic heterocycles. The summed E-state index contributed by atoms with van der Waals surface area (Å²) in [6.45, 7) is 3.07. The SMILES string of the molecule is Cl.NC[C@@H]1CN(Cc2nc(-c3ccc(F)cc3)no2)C[C@H]1c1ccccc1. The van der Waals surface area contributed by atoms with Crippen LogP contribution in [0.1, 0.15) is 17.4 Å². The zero-order chi connectivity index (χ0) is 17.9. The van der Waals surface area contributed by atoms with Crippen LogP contribution in [0.5, 0.6) is 0 Å². The molecular weight excluding hydrogens is 367 g/mol. The van der Waals surface area contributed by atoms with Gasteiger partial charge in [-0.15, -0.1) is 12.4 Å². The Hall–Kier alpha value is -2.28. The van der Waals surface area contributed by atoms with Crippen molar-refractivity contribution in [3.05, 3.63) is 71.9 Å². The maximum absolute atomic E-state index is 13.0. The average molecular weight is 389 g/mol. The molecule has 7 heteroatoms. The van der Waals surface area contributed by atoms with Crippen LogP contribution in [0.15, 0.2) is 59.1 Å². The largest absolute Gasteiger partial charge is 0.338 e. The summed E-state index contributed by atoms with van der Waals surface area (Å²) in [5.41, 5.74) is 8.06. The minimum Gasteiger partial charge on any atom is -0.338 e. The summed E-state index contributed by atoms with van der Waals surface area (Å²) in [7, 11) is 0. The van der Waals surface area contributed by atoms with Gasteiger partial charge in [-0.25, -0.2) is 4.39 Å². The maximum Gasteiger partial charge on any atom is 0.241 e. The second kappa shape index (κ2) is 8.61. The highest BCUT2D eigenvalue weighted by Crippen LogP contribution is 2.32. The molecule has 1 aliphatic heterocycles. The fraction of sp³-hybridized carbons (Fsp3) is 0.300. The Labute approximate surface area is 163 Å². The molecule has 142 valence electrons. The molecule has 1 aliphatic rings. The van der Waals surface area contributed by atoms with Crippen molar-refractivity contribution in [1.29, 1.82) is 0 Å². The van der Waals surface area contributed by atoms with Crippen LogP contribution in [0.3, 0.4) is 0 Å². The molecule has 5 nitrogen and oxygen atoms in total. The fourth-order valence-electron chi connectivity index (χ4n) is 3.63. The molecule has 1 fully saturated rings. The number of rotatable bonds is 5. The Kier molecular flexibility index (Phi) is 6.21. The van der Waals surface area contributed by atoms with Crippen molar-refractivity contribution in [2.45, 2.75) is 12.5 Å². The van der Waals surface area contributed by atoms with Gasteiger partial charge >= 0.3 is 0 Å². The molecule has 2 N–H and O–H groups in total. The van der Waals surface area contributed by atoms with Crippen molar-refractivity contribution in [3.63, 3.8) is 0 Å². The van der Waals surface area contributed by atoms with E-state index in [1.807, 2.05) is 6.07 Å². The van der Waals surface area contributed by atoms with Crippen LogP contribution in [-0.4, -0.2) is 34.7 Å². The molecule has 0 amide bonds. The van der Waals surface area contributed by atoms with E-state index in [1.165, 1.54) is 17.7 Å². The predicted molar refractivity (Wildman–Crippen MR) is 104 cm³/mol. The van der Waals surface area contributed by atoms with Gasteiger partial charge in [-0.05, 0) is 42.3 Å². The standard InChI is InChI=1S/C20H21FN4O.ClH/c21-17-8-6-15(7-9-17)20-23-19(26-24-20)13-25-11-16(10-22)18(12-25)14-4-2-1-3-5-14;/h1-9,16,18H,10-13,22H2;1H/t16-,18+;/m1./s1. The molecule has 27 heavy (non-hydrogen) atoms. The summed E-state index contributed by atoms with van der Waals surface area (Å²) in [5, 5.41) is 4.01. The Morgan fingerprint density at radius 2 is 1.81 bits per heavy atom. The smallest absolute Gasteiger partial charge is 0.241 e. The van der Waals surface area contributed by atoms with Crippen LogP contribution in [-0.2, 0) is 6.54 Å². The Morgan fingerprint density at radius 1 is 1.07 bits per heavy atom. The minimum absolute atomic E-state index is 0. The molecule has 2 aromatic carbocycles. The van der Waals surface area contributed by atoms with E-state index < -0.39 is 0 Å². The molecule has 2 atom stereocenters. The van der Waals surface area contributed by atoms with Gasteiger partial charge in [0.2, 0.25) is 11.7 Å². The summed E-state index contributed by atoms with van der Waals surface area (Å²) in [5.74, 6) is 1.59. The number of aromatic nitrogens is 2. The van der Waals surface area contributed by atoms with Gasteiger partial charge in [0, 0.05) is 24.6 Å². The molecule has 0 spiro atoms. The van der Waals surface area contributed by atoms with Crippen molar-refractivity contribution < 1.29 is 8.91 Å². The molecule has 0 radical (unpaired) electrons. The van der Waals surface area contributed by atoms with E-state index in [9.17, 15) is 4.39 Å². The number of nitrogens with zero attached hydrogens (tertiary/aromatic N) is 3. The normalized spacial score (nSPS) is 19.8. The first-order chi connectivity index (χ1) is 12.7. The van der Waals surface area contributed by atoms with E-state index in [-0.39, 0.29) is 18.2 Å². The number of nitrogens with two attached hydrogens (primary N) is 1. The Morgan fingerprint density at radius 3 is 2.52 bits per heavy atom. The number of hydrogen-bond acceptors (Lipinski definition) is 5. The zero-order valence-corrected chi connectivity index (χ0v) is 15.6. The van der Waals surface area contributed by atoms with Gasteiger partial charge in [0.05, 0.1) is 6.54 Å². The predicted octanol–water partition coefficient (Wildman–Crippen LogP) is 3.47. The fourth-order valence-corrected chi connectivity index (χ4v) is 3.63. The summed E-state index contributed by atoms with van der Waals surface area (Å²) in [6, 6.07) is 16.6. The maximum atomic E-state index is 13.0. The lowest BCUT2D eigenvalue weighted by Crippen LogP contribution is -2.23. The van der Waals surface area contributed by atoms with Crippen LogP contribution in [0, 0.1) is 11.7 Å². The summed E-state index contributed by atoms with van der Waals surface area (Å²) in [6.07, 6.45) is 0. The van der Waals surface area contributed by atoms with Crippen LogP contribution in [0.2, 0.25) is 0 Å². The van der Waals surface area contributed by atoms with E-state index in [4.69, 9.17) is 10.3 Å². The van der Waals surface area contributed by atoms with Crippen molar-refractivity contribution in [1.82, 2.24) is 15.0 Å². The first kappa shape index (κ1) is 19.5. The number of halogens is 2. The third-order valence-electron chi connectivity index (χ3n) is 4.98. The van der Waals surface area contributed by atoms with Gasteiger partial charge in [0.1, 0.15) is 5.82 Å². The highest BCUT2D eigenvalue weighted by Gasteiger charge is 2.33. The van der Waals surface area contributed by atoms with E-state index >= 15 is 0 Å². The summed E-state index contributed by atoms with van der Waals surface area (Å²) in [4.78, 5) is 6.75. The number of benzene rings is 2. The minimum atomic E-state index is -0.283. The molecule has 0 aliphatic carbocycles. The number of hydrogen-bond donors (Lipinski definition) is 1. The average Bonchev–Trinajstić information content (AvgIpc) is 3.30. The third kappa shape index (κ3) is 4.35. The second-order valence-electron chi connectivity index (χ2n) is 6.73. The lowest BCUT2D eigenvalue weighted by Gasteiger charge is -2.16. The Bertz CT molecular complexity index is 856. The van der Waals surface area contributed by atoms with E-state index in [0.717, 1.165) is 18.7 Å². The molecule has 0 unspecified atom stereocenters. The third-order valence-corrected chi connectivity index (χ3v) is 4.98. The molecule has 2 heterocycles. The van der Waals surface area contributed by atoms with Gasteiger partial charge in [-0.3, -0.25) is 4.90 Å². The highest BCUT2D eigenvalue weighted by molar-refractivity contribution is 5.85. The van der Waals surface area contributed by atoms with Gasteiger partial charge in [-0.1, -0.05) is 35.5 Å². The zero-order valence-electron chi connectivity index (χ0n) is 14.8. The van der Waals surface area contributed by atoms with Crippen LogP contribution in [0.25, 0.3) is 11.4 Å². The van der Waals surface area contributed by atoms with Gasteiger partial charge in [-0.2, -0.15) is 4.98 Å². The van der Waals surface area contributed by atoms with Gasteiger partial charge in [0.15, 0.2) is 0 Å². The molecule has 1 saturated heterocycles. The van der Waals surface area contributed by atoms with Gasteiger partial charge < -0.3 is 10.3 Å². The van der Waals surface area contributed by atoms with E-state index in [2.05, 4.69) is 39.3 Å². The van der Waals surface area contributed by atoms with Crippen molar-refractivity contribution in [2.75, 3.05) is 19.6 Å². The molecular formula is C20H22ClFN4O. The highest BCUT2D eigenvalue weighted by atomic mass is 35.5. The molecule has 0 bridgehead atoms. The molecule has 3 aromatic rings. The van der Waals surface area contributed by atoms with Crippen LogP contribution >= 0.6 is 12.4 Å². The van der Waals surface area contributed by atoms with Crippen molar-refractivity contribution in [2.24, 2.45) is 11.7 Å². The van der Waals surface area contributed by atoms with E-state index in [1.54, 1.807) is 12.1 Å². The van der Waals surface area contributed by atoms with Crippen molar-refractivity contribution in [3.8, 4) is 11.4 Å². The Balaban J connectivity index is 0.00000210. The molecule has 4 rings (SSSR count). The second-order valence-corrected chi connectivity index (χ2v) is 6.73. The molecule has 0 saturated carbocycles. The first-order valence-electron chi connectivity index (χ1n) is 8.79. The van der Waals surface area contributed by atoms with E-state index in [0.29, 0.717) is 36.6 Å². The van der Waals surface area contributed by atoms with Crippen LogP contribution < -0.4 is 5.73 Å². The summed E-state index contributed by atoms with van der Waals surface area (Å²) >= 11 is 0. The quantitative estimate of drug-likeness (QED) is 0.724. The summed E-state index contributed by atoms with van der Waals surface area (Å²) < 4.78 is 18.4. The first-order valence-corrected chi connectivity index (χ1v) is 8.79. The number of likely N-dealkylation sites (tertiary alicyclic amines) is 1. The topological polar surface area (TPSA) is 68.2 Å². The van der Waals surface area contributed by atoms with Gasteiger partial charge in [0.25, 0.3) is 0 Å².